The quantitative estimate of drug-likeness (QED) is 0.268. The molecule has 0 atom stereocenters. The SMILES string of the molecule is C=c1/c(=C\C=C(/C)c2ccccc2)nc(-c2cccnc2N)n1-c1ccc(CN2CCC(CC3=CCCC(C#N)=N3)CC2)cc1. The monoisotopic (exact) mass is 593 g/mol. The molecule has 2 aliphatic rings. The van der Waals surface area contributed by atoms with E-state index in [0.717, 1.165) is 90.8 Å². The van der Waals surface area contributed by atoms with Gasteiger partial charge in [0.05, 0.1) is 16.3 Å². The number of piperidine rings is 1. The molecule has 1 saturated heterocycles. The van der Waals surface area contributed by atoms with Gasteiger partial charge in [-0.05, 0) is 98.7 Å². The summed E-state index contributed by atoms with van der Waals surface area (Å²) in [6.07, 6.45) is 13.0. The first kappa shape index (κ1) is 30.0. The summed E-state index contributed by atoms with van der Waals surface area (Å²) in [6.45, 7) is 9.59. The Morgan fingerprint density at radius 2 is 1.84 bits per heavy atom. The zero-order chi connectivity index (χ0) is 31.2. The molecule has 0 spiro atoms. The summed E-state index contributed by atoms with van der Waals surface area (Å²) in [4.78, 5) is 16.4. The van der Waals surface area contributed by atoms with Crippen molar-refractivity contribution < 1.29 is 0 Å². The second kappa shape index (κ2) is 13.7. The lowest BCUT2D eigenvalue weighted by Crippen LogP contribution is -2.33. The van der Waals surface area contributed by atoms with E-state index in [1.165, 1.54) is 11.1 Å². The highest BCUT2D eigenvalue weighted by Gasteiger charge is 2.21. The van der Waals surface area contributed by atoms with E-state index < -0.39 is 0 Å². The first-order valence-electron chi connectivity index (χ1n) is 15.7. The molecular weight excluding hydrogens is 554 g/mol. The number of likely N-dealkylation sites (tertiary alicyclic amines) is 1. The summed E-state index contributed by atoms with van der Waals surface area (Å²) in [5.41, 5.74) is 13.4. The number of aromatic nitrogens is 3. The van der Waals surface area contributed by atoms with Crippen molar-refractivity contribution in [1.82, 2.24) is 19.4 Å². The summed E-state index contributed by atoms with van der Waals surface area (Å²) < 4.78 is 2.07. The number of aliphatic imine (C=N–C) groups is 1. The van der Waals surface area contributed by atoms with E-state index in [1.54, 1.807) is 6.20 Å². The minimum absolute atomic E-state index is 0.434. The van der Waals surface area contributed by atoms with Gasteiger partial charge in [-0.3, -0.25) is 9.47 Å². The van der Waals surface area contributed by atoms with E-state index in [2.05, 4.69) is 87.6 Å². The smallest absolute Gasteiger partial charge is 0.149 e. The standard InChI is InChI=1S/C38H39N7/c1-27(31-8-4-3-5-9-31)13-18-36-28(2)45(38(43-36)35-12-7-21-41-37(35)40)34-16-14-30(15-17-34)26-44-22-19-29(20-23-44)24-32-10-6-11-33(25-39)42-32/h3-5,7-10,12-18,21,29H,2,6,11,19-20,22-24,26H2,1H3,(H2,40,41)/b27-13+,36-18+. The maximum atomic E-state index is 9.21. The van der Waals surface area contributed by atoms with Crippen molar-refractivity contribution in [2.75, 3.05) is 18.8 Å². The van der Waals surface area contributed by atoms with Crippen LogP contribution in [-0.4, -0.2) is 38.2 Å². The van der Waals surface area contributed by atoms with Crippen LogP contribution in [0.25, 0.3) is 35.3 Å². The molecule has 45 heavy (non-hydrogen) atoms. The second-order valence-corrected chi connectivity index (χ2v) is 11.9. The van der Waals surface area contributed by atoms with Gasteiger partial charge in [0.2, 0.25) is 0 Å². The highest BCUT2D eigenvalue weighted by atomic mass is 15.1. The van der Waals surface area contributed by atoms with Gasteiger partial charge < -0.3 is 5.73 Å². The second-order valence-electron chi connectivity index (χ2n) is 11.9. The molecule has 7 nitrogen and oxygen atoms in total. The molecular formula is C38H39N7. The molecule has 2 aromatic heterocycles. The maximum Gasteiger partial charge on any atom is 0.149 e. The highest BCUT2D eigenvalue weighted by Crippen LogP contribution is 2.28. The van der Waals surface area contributed by atoms with Crippen molar-refractivity contribution in [3.05, 3.63) is 113 Å². The first-order chi connectivity index (χ1) is 22.0. The van der Waals surface area contributed by atoms with Crippen LogP contribution in [0.15, 0.2) is 95.8 Å². The van der Waals surface area contributed by atoms with Gasteiger partial charge in [-0.15, -0.1) is 0 Å². The van der Waals surface area contributed by atoms with E-state index >= 15 is 0 Å². The topological polar surface area (TPSA) is 96.1 Å². The molecule has 2 aliphatic heterocycles. The van der Waals surface area contributed by atoms with E-state index in [-0.39, 0.29) is 0 Å². The van der Waals surface area contributed by atoms with Crippen LogP contribution in [-0.2, 0) is 6.54 Å². The lowest BCUT2D eigenvalue weighted by Gasteiger charge is -2.32. The van der Waals surface area contributed by atoms with E-state index in [1.807, 2.05) is 36.4 Å². The number of hydrogen-bond donors (Lipinski definition) is 1. The molecule has 0 aliphatic carbocycles. The molecule has 7 heteroatoms. The molecule has 0 unspecified atom stereocenters. The van der Waals surface area contributed by atoms with Crippen molar-refractivity contribution >= 4 is 29.8 Å². The lowest BCUT2D eigenvalue weighted by atomic mass is 9.91. The molecule has 0 bridgehead atoms. The summed E-state index contributed by atoms with van der Waals surface area (Å²) >= 11 is 0. The van der Waals surface area contributed by atoms with Crippen LogP contribution in [0.5, 0.6) is 0 Å². The van der Waals surface area contributed by atoms with Crippen LogP contribution in [0.1, 0.15) is 50.2 Å². The number of anilines is 1. The minimum atomic E-state index is 0.434. The Hall–Kier alpha value is -5.06. The van der Waals surface area contributed by atoms with Crippen LogP contribution in [0, 0.1) is 17.2 Å². The number of allylic oxidation sites excluding steroid dienone is 4. The Kier molecular flexibility index (Phi) is 9.14. The average Bonchev–Trinajstić information content (AvgIpc) is 3.40. The van der Waals surface area contributed by atoms with E-state index in [9.17, 15) is 5.26 Å². The van der Waals surface area contributed by atoms with Crippen molar-refractivity contribution in [3.8, 4) is 23.1 Å². The Labute approximate surface area is 265 Å². The number of pyridine rings is 1. The molecule has 0 saturated carbocycles. The molecule has 1 fully saturated rings. The Balaban J connectivity index is 1.20. The van der Waals surface area contributed by atoms with E-state index in [0.29, 0.717) is 17.4 Å². The van der Waals surface area contributed by atoms with E-state index in [4.69, 9.17) is 10.7 Å². The van der Waals surface area contributed by atoms with Crippen LogP contribution < -0.4 is 16.4 Å². The minimum Gasteiger partial charge on any atom is -0.383 e. The predicted molar refractivity (Wildman–Crippen MR) is 184 cm³/mol. The summed E-state index contributed by atoms with van der Waals surface area (Å²) in [5, 5.41) is 10.8. The number of nitriles is 1. The lowest BCUT2D eigenvalue weighted by molar-refractivity contribution is 0.176. The third kappa shape index (κ3) is 7.03. The number of nitrogens with zero attached hydrogens (tertiary/aromatic N) is 6. The number of hydrogen-bond acceptors (Lipinski definition) is 6. The van der Waals surface area contributed by atoms with Gasteiger partial charge in [-0.2, -0.15) is 5.26 Å². The van der Waals surface area contributed by atoms with Crippen molar-refractivity contribution in [3.63, 3.8) is 0 Å². The van der Waals surface area contributed by atoms with Crippen molar-refractivity contribution in [2.45, 2.75) is 45.6 Å². The molecule has 0 radical (unpaired) electrons. The first-order valence-corrected chi connectivity index (χ1v) is 15.7. The number of imidazole rings is 1. The molecule has 4 heterocycles. The zero-order valence-electron chi connectivity index (χ0n) is 25.9. The normalized spacial score (nSPS) is 16.7. The summed E-state index contributed by atoms with van der Waals surface area (Å²) in [7, 11) is 0. The third-order valence-corrected chi connectivity index (χ3v) is 8.78. The van der Waals surface area contributed by atoms with Gasteiger partial charge in [0, 0.05) is 30.5 Å². The fraction of sp³-hybridized carbons (Fsp3) is 0.263. The molecule has 0 amide bonds. The van der Waals surface area contributed by atoms with Crippen molar-refractivity contribution in [2.24, 2.45) is 10.9 Å². The number of nitrogens with two attached hydrogens (primary N) is 1. The fourth-order valence-electron chi connectivity index (χ4n) is 6.18. The van der Waals surface area contributed by atoms with Gasteiger partial charge in [-0.1, -0.05) is 61.2 Å². The maximum absolute atomic E-state index is 9.21. The molecule has 4 aromatic rings. The van der Waals surface area contributed by atoms with Gasteiger partial charge in [0.1, 0.15) is 23.4 Å². The predicted octanol–water partition coefficient (Wildman–Crippen LogP) is 6.06. The molecule has 6 rings (SSSR count). The fourth-order valence-corrected chi connectivity index (χ4v) is 6.18. The third-order valence-electron chi connectivity index (χ3n) is 8.78. The zero-order valence-corrected chi connectivity index (χ0v) is 25.9. The Bertz CT molecular complexity index is 1900. The molecule has 2 N–H and O–H groups in total. The Morgan fingerprint density at radius 1 is 1.07 bits per heavy atom. The van der Waals surface area contributed by atoms with Crippen LogP contribution in [0.4, 0.5) is 5.82 Å². The Morgan fingerprint density at radius 3 is 2.58 bits per heavy atom. The van der Waals surface area contributed by atoms with Crippen molar-refractivity contribution in [1.29, 1.82) is 5.26 Å². The molecule has 226 valence electrons. The van der Waals surface area contributed by atoms with Gasteiger partial charge >= 0.3 is 0 Å². The van der Waals surface area contributed by atoms with Gasteiger partial charge in [0.25, 0.3) is 0 Å². The average molecular weight is 594 g/mol. The van der Waals surface area contributed by atoms with Crippen LogP contribution >= 0.6 is 0 Å². The highest BCUT2D eigenvalue weighted by molar-refractivity contribution is 5.99. The largest absolute Gasteiger partial charge is 0.383 e. The van der Waals surface area contributed by atoms with Gasteiger partial charge in [-0.25, -0.2) is 15.0 Å². The number of rotatable bonds is 8. The number of benzene rings is 2. The summed E-state index contributed by atoms with van der Waals surface area (Å²) in [6, 6.07) is 25.1. The van der Waals surface area contributed by atoms with Crippen LogP contribution in [0.2, 0.25) is 0 Å². The van der Waals surface area contributed by atoms with Gasteiger partial charge in [0.15, 0.2) is 0 Å². The summed E-state index contributed by atoms with van der Waals surface area (Å²) in [5.74, 6) is 1.78. The molecule has 2 aromatic carbocycles. The number of nitrogen functional groups attached to an aromatic ring is 1. The van der Waals surface area contributed by atoms with Crippen LogP contribution in [0.3, 0.4) is 0 Å².